The highest BCUT2D eigenvalue weighted by atomic mass is 35.5. The van der Waals surface area contributed by atoms with Crippen molar-refractivity contribution in [2.45, 2.75) is 6.92 Å². The molecule has 0 N–H and O–H groups in total. The molecule has 0 aliphatic heterocycles. The lowest BCUT2D eigenvalue weighted by Crippen LogP contribution is -1.97. The van der Waals surface area contributed by atoms with Crippen LogP contribution in [-0.4, -0.2) is 12.8 Å². The normalized spacial score (nSPS) is 10.8. The van der Waals surface area contributed by atoms with Crippen molar-refractivity contribution in [1.29, 1.82) is 0 Å². The first-order valence-electron chi connectivity index (χ1n) is 6.44. The van der Waals surface area contributed by atoms with E-state index in [9.17, 15) is 0 Å². The number of hydrogen-bond donors (Lipinski definition) is 0. The average molecular weight is 320 g/mol. The van der Waals surface area contributed by atoms with Gasteiger partial charge in [0.05, 0.1) is 5.69 Å². The highest BCUT2D eigenvalue weighted by Crippen LogP contribution is 2.27. The molecular formula is C17H15Cl2NO. The van der Waals surface area contributed by atoms with E-state index >= 15 is 0 Å². The van der Waals surface area contributed by atoms with Crippen LogP contribution in [0, 0.1) is 6.92 Å². The summed E-state index contributed by atoms with van der Waals surface area (Å²) >= 11 is 12.1. The Bertz CT molecular complexity index is 680. The van der Waals surface area contributed by atoms with E-state index in [0.29, 0.717) is 22.4 Å². The Balaban J connectivity index is 2.33. The van der Waals surface area contributed by atoms with Crippen LogP contribution in [0.1, 0.15) is 11.1 Å². The molecule has 0 fully saturated rings. The summed E-state index contributed by atoms with van der Waals surface area (Å²) in [7, 11) is 0. The van der Waals surface area contributed by atoms with Crippen LogP contribution in [0.5, 0.6) is 5.75 Å². The molecule has 0 spiro atoms. The third-order valence-electron chi connectivity index (χ3n) is 2.91. The summed E-state index contributed by atoms with van der Waals surface area (Å²) in [4.78, 5) is 4.47. The second-order valence-electron chi connectivity index (χ2n) is 4.42. The standard InChI is InChI=1S/C17H15Cl2NO/c1-3-9-21-17-8-7-14(18)10-13(17)11-20-16-6-4-5-15(19)12(16)2/h3-8,10-11H,1,9H2,2H3. The van der Waals surface area contributed by atoms with Crippen molar-refractivity contribution in [2.24, 2.45) is 4.99 Å². The summed E-state index contributed by atoms with van der Waals surface area (Å²) in [6, 6.07) is 11.0. The molecule has 0 aliphatic carbocycles. The zero-order valence-electron chi connectivity index (χ0n) is 11.6. The van der Waals surface area contributed by atoms with Gasteiger partial charge in [-0.2, -0.15) is 0 Å². The predicted molar refractivity (Wildman–Crippen MR) is 90.6 cm³/mol. The van der Waals surface area contributed by atoms with Gasteiger partial charge >= 0.3 is 0 Å². The minimum absolute atomic E-state index is 0.429. The third kappa shape index (κ3) is 4.10. The first kappa shape index (κ1) is 15.6. The van der Waals surface area contributed by atoms with Crippen molar-refractivity contribution < 1.29 is 4.74 Å². The van der Waals surface area contributed by atoms with Crippen molar-refractivity contribution in [3.8, 4) is 5.75 Å². The fourth-order valence-electron chi connectivity index (χ4n) is 1.78. The van der Waals surface area contributed by atoms with E-state index in [1.165, 1.54) is 0 Å². The van der Waals surface area contributed by atoms with Crippen LogP contribution in [0.4, 0.5) is 5.69 Å². The van der Waals surface area contributed by atoms with Crippen LogP contribution in [0.15, 0.2) is 54.0 Å². The van der Waals surface area contributed by atoms with Gasteiger partial charge < -0.3 is 4.74 Å². The van der Waals surface area contributed by atoms with E-state index in [-0.39, 0.29) is 0 Å². The molecule has 4 heteroatoms. The number of ether oxygens (including phenoxy) is 1. The molecule has 2 nitrogen and oxygen atoms in total. The Kier molecular flexibility index (Phi) is 5.43. The maximum absolute atomic E-state index is 6.09. The molecule has 0 atom stereocenters. The lowest BCUT2D eigenvalue weighted by molar-refractivity contribution is 0.363. The second kappa shape index (κ2) is 7.30. The summed E-state index contributed by atoms with van der Waals surface area (Å²) in [5, 5.41) is 1.32. The van der Waals surface area contributed by atoms with Crippen molar-refractivity contribution in [2.75, 3.05) is 6.61 Å². The minimum atomic E-state index is 0.429. The fourth-order valence-corrected chi connectivity index (χ4v) is 2.13. The van der Waals surface area contributed by atoms with Crippen molar-refractivity contribution in [1.82, 2.24) is 0 Å². The van der Waals surface area contributed by atoms with Gasteiger partial charge in [-0.3, -0.25) is 4.99 Å². The molecule has 2 aromatic carbocycles. The number of halogens is 2. The van der Waals surface area contributed by atoms with Crippen LogP contribution >= 0.6 is 23.2 Å². The smallest absolute Gasteiger partial charge is 0.128 e. The monoisotopic (exact) mass is 319 g/mol. The van der Waals surface area contributed by atoms with Gasteiger partial charge in [-0.1, -0.05) is 41.9 Å². The third-order valence-corrected chi connectivity index (χ3v) is 3.55. The van der Waals surface area contributed by atoms with Gasteiger partial charge in [-0.15, -0.1) is 0 Å². The zero-order valence-corrected chi connectivity index (χ0v) is 13.2. The SMILES string of the molecule is C=CCOc1ccc(Cl)cc1C=Nc1cccc(Cl)c1C. The molecule has 2 rings (SSSR count). The molecule has 0 unspecified atom stereocenters. The van der Waals surface area contributed by atoms with Crippen molar-refractivity contribution in [3.63, 3.8) is 0 Å². The molecule has 0 aliphatic rings. The van der Waals surface area contributed by atoms with E-state index in [0.717, 1.165) is 16.8 Å². The van der Waals surface area contributed by atoms with Crippen LogP contribution in [0.25, 0.3) is 0 Å². The van der Waals surface area contributed by atoms with Crippen molar-refractivity contribution >= 4 is 35.1 Å². The summed E-state index contributed by atoms with van der Waals surface area (Å²) in [5.41, 5.74) is 2.56. The van der Waals surface area contributed by atoms with E-state index < -0.39 is 0 Å². The second-order valence-corrected chi connectivity index (χ2v) is 5.27. The Labute approximate surface area is 134 Å². The molecule has 0 radical (unpaired) electrons. The molecule has 0 saturated heterocycles. The van der Waals surface area contributed by atoms with Crippen LogP contribution < -0.4 is 4.74 Å². The lowest BCUT2D eigenvalue weighted by atomic mass is 10.2. The lowest BCUT2D eigenvalue weighted by Gasteiger charge is -2.07. The molecule has 0 amide bonds. The van der Waals surface area contributed by atoms with Gasteiger partial charge in [0.2, 0.25) is 0 Å². The quantitative estimate of drug-likeness (QED) is 0.518. The topological polar surface area (TPSA) is 21.6 Å². The molecule has 0 heterocycles. The largest absolute Gasteiger partial charge is 0.489 e. The predicted octanol–water partition coefficient (Wildman–Crippen LogP) is 5.62. The van der Waals surface area contributed by atoms with Gasteiger partial charge in [0.1, 0.15) is 12.4 Å². The number of rotatable bonds is 5. The van der Waals surface area contributed by atoms with Gasteiger partial charge in [0.25, 0.3) is 0 Å². The van der Waals surface area contributed by atoms with Gasteiger partial charge in [-0.05, 0) is 42.8 Å². The Morgan fingerprint density at radius 3 is 2.81 bits per heavy atom. The first-order valence-corrected chi connectivity index (χ1v) is 7.20. The van der Waals surface area contributed by atoms with Crippen LogP contribution in [0.3, 0.4) is 0 Å². The zero-order chi connectivity index (χ0) is 15.2. The van der Waals surface area contributed by atoms with E-state index in [2.05, 4.69) is 11.6 Å². The number of hydrogen-bond acceptors (Lipinski definition) is 2. The van der Waals surface area contributed by atoms with Crippen molar-refractivity contribution in [3.05, 3.63) is 70.2 Å². The van der Waals surface area contributed by atoms with E-state index in [1.54, 1.807) is 18.4 Å². The molecule has 21 heavy (non-hydrogen) atoms. The summed E-state index contributed by atoms with van der Waals surface area (Å²) < 4.78 is 5.59. The molecule has 2 aromatic rings. The fraction of sp³-hybridized carbons (Fsp3) is 0.118. The molecule has 0 saturated carbocycles. The Morgan fingerprint density at radius 2 is 2.05 bits per heavy atom. The average Bonchev–Trinajstić information content (AvgIpc) is 2.48. The number of benzene rings is 2. The van der Waals surface area contributed by atoms with E-state index in [4.69, 9.17) is 27.9 Å². The van der Waals surface area contributed by atoms with Crippen LogP contribution in [-0.2, 0) is 0 Å². The van der Waals surface area contributed by atoms with Gasteiger partial charge in [0, 0.05) is 21.8 Å². The highest BCUT2D eigenvalue weighted by molar-refractivity contribution is 6.31. The molecule has 108 valence electrons. The maximum atomic E-state index is 6.09. The summed E-state index contributed by atoms with van der Waals surface area (Å²) in [5.74, 6) is 0.711. The van der Waals surface area contributed by atoms with E-state index in [1.807, 2.05) is 37.3 Å². The number of nitrogens with zero attached hydrogens (tertiary/aromatic N) is 1. The minimum Gasteiger partial charge on any atom is -0.489 e. The van der Waals surface area contributed by atoms with Gasteiger partial charge in [0.15, 0.2) is 0 Å². The first-order chi connectivity index (χ1) is 10.1. The highest BCUT2D eigenvalue weighted by Gasteiger charge is 2.04. The Hall–Kier alpha value is -1.77. The molecule has 0 bridgehead atoms. The maximum Gasteiger partial charge on any atom is 0.128 e. The molecule has 0 aromatic heterocycles. The van der Waals surface area contributed by atoms with Gasteiger partial charge in [-0.25, -0.2) is 0 Å². The summed E-state index contributed by atoms with van der Waals surface area (Å²) in [6.45, 7) is 6.00. The molecular weight excluding hydrogens is 305 g/mol. The number of aliphatic imine (C=N–C) groups is 1. The summed E-state index contributed by atoms with van der Waals surface area (Å²) in [6.07, 6.45) is 3.42. The van der Waals surface area contributed by atoms with Crippen LogP contribution in [0.2, 0.25) is 10.0 Å². The Morgan fingerprint density at radius 1 is 1.24 bits per heavy atom.